The molecule has 0 aliphatic carbocycles. The maximum atomic E-state index is 11.3. The number of hydrogen-bond donors (Lipinski definition) is 3. The van der Waals surface area contributed by atoms with Gasteiger partial charge in [-0.2, -0.15) is 0 Å². The van der Waals surface area contributed by atoms with E-state index in [1.54, 1.807) is 18.2 Å². The smallest absolute Gasteiger partial charge is 0.221 e. The molecule has 1 atom stereocenters. The van der Waals surface area contributed by atoms with E-state index >= 15 is 0 Å². The minimum atomic E-state index is -0.0883. The molecule has 1 heterocycles. The Morgan fingerprint density at radius 1 is 1.00 bits per heavy atom. The molecule has 0 bridgehead atoms. The zero-order chi connectivity index (χ0) is 20.4. The van der Waals surface area contributed by atoms with Crippen LogP contribution in [0.15, 0.2) is 66.7 Å². The summed E-state index contributed by atoms with van der Waals surface area (Å²) < 4.78 is 0. The van der Waals surface area contributed by atoms with Gasteiger partial charge >= 0.3 is 0 Å². The van der Waals surface area contributed by atoms with E-state index in [9.17, 15) is 15.0 Å². The summed E-state index contributed by atoms with van der Waals surface area (Å²) in [5, 5.41) is 22.3. The van der Waals surface area contributed by atoms with Crippen LogP contribution in [0.2, 0.25) is 0 Å². The average molecular weight is 388 g/mol. The Hall–Kier alpha value is -3.47. The third-order valence-electron chi connectivity index (χ3n) is 5.37. The molecule has 0 saturated heterocycles. The SMILES string of the molecule is CC(=O)Nc1ccc(N2CCc3cc(O)ccc3C2Cc2ccc(O)cc2)cc1. The van der Waals surface area contributed by atoms with Crippen molar-refractivity contribution in [1.82, 2.24) is 0 Å². The Morgan fingerprint density at radius 3 is 2.38 bits per heavy atom. The molecule has 29 heavy (non-hydrogen) atoms. The van der Waals surface area contributed by atoms with Gasteiger partial charge in [-0.3, -0.25) is 4.79 Å². The van der Waals surface area contributed by atoms with Crippen LogP contribution >= 0.6 is 0 Å². The molecule has 0 aromatic heterocycles. The Kier molecular flexibility index (Phi) is 5.12. The molecule has 0 saturated carbocycles. The Balaban J connectivity index is 1.68. The van der Waals surface area contributed by atoms with Crippen molar-refractivity contribution in [1.29, 1.82) is 0 Å². The largest absolute Gasteiger partial charge is 0.508 e. The number of anilines is 2. The molecule has 3 N–H and O–H groups in total. The lowest BCUT2D eigenvalue weighted by molar-refractivity contribution is -0.114. The molecular formula is C24H24N2O3. The molecule has 148 valence electrons. The average Bonchev–Trinajstić information content (AvgIpc) is 2.70. The number of fused-ring (bicyclic) bond motifs is 1. The minimum Gasteiger partial charge on any atom is -0.508 e. The van der Waals surface area contributed by atoms with Gasteiger partial charge in [0.1, 0.15) is 11.5 Å². The summed E-state index contributed by atoms with van der Waals surface area (Å²) in [4.78, 5) is 13.6. The van der Waals surface area contributed by atoms with Crippen LogP contribution in [0.3, 0.4) is 0 Å². The van der Waals surface area contributed by atoms with Crippen LogP contribution in [0.4, 0.5) is 11.4 Å². The van der Waals surface area contributed by atoms with Gasteiger partial charge in [-0.25, -0.2) is 0 Å². The predicted octanol–water partition coefficient (Wildman–Crippen LogP) is 4.40. The third kappa shape index (κ3) is 4.19. The van der Waals surface area contributed by atoms with Gasteiger partial charge < -0.3 is 20.4 Å². The highest BCUT2D eigenvalue weighted by Gasteiger charge is 2.28. The van der Waals surface area contributed by atoms with E-state index in [1.165, 1.54) is 18.1 Å². The highest BCUT2D eigenvalue weighted by atomic mass is 16.3. The quantitative estimate of drug-likeness (QED) is 0.619. The first-order chi connectivity index (χ1) is 14.0. The number of carbonyl (C=O) groups excluding carboxylic acids is 1. The van der Waals surface area contributed by atoms with E-state index in [2.05, 4.69) is 10.2 Å². The number of rotatable bonds is 4. The second-order valence-corrected chi connectivity index (χ2v) is 7.44. The van der Waals surface area contributed by atoms with Gasteiger partial charge in [-0.15, -0.1) is 0 Å². The summed E-state index contributed by atoms with van der Waals surface area (Å²) in [5.41, 5.74) is 5.36. The zero-order valence-electron chi connectivity index (χ0n) is 16.3. The van der Waals surface area contributed by atoms with Gasteiger partial charge in [0.05, 0.1) is 6.04 Å². The van der Waals surface area contributed by atoms with E-state index in [1.807, 2.05) is 48.5 Å². The normalized spacial score (nSPS) is 15.6. The van der Waals surface area contributed by atoms with Gasteiger partial charge in [-0.1, -0.05) is 18.2 Å². The predicted molar refractivity (Wildman–Crippen MR) is 114 cm³/mol. The Morgan fingerprint density at radius 2 is 1.69 bits per heavy atom. The summed E-state index contributed by atoms with van der Waals surface area (Å²) in [6.07, 6.45) is 1.63. The van der Waals surface area contributed by atoms with Crippen molar-refractivity contribution in [3.8, 4) is 11.5 Å². The molecule has 1 aliphatic rings. The van der Waals surface area contributed by atoms with Gasteiger partial charge in [0.15, 0.2) is 0 Å². The van der Waals surface area contributed by atoms with Crippen molar-refractivity contribution in [3.05, 3.63) is 83.4 Å². The topological polar surface area (TPSA) is 72.8 Å². The summed E-state index contributed by atoms with van der Waals surface area (Å²) in [5.74, 6) is 0.461. The van der Waals surface area contributed by atoms with Gasteiger partial charge in [0.2, 0.25) is 5.91 Å². The zero-order valence-corrected chi connectivity index (χ0v) is 16.3. The molecule has 5 nitrogen and oxygen atoms in total. The second kappa shape index (κ2) is 7.87. The van der Waals surface area contributed by atoms with Gasteiger partial charge in [0.25, 0.3) is 0 Å². The number of nitrogens with zero attached hydrogens (tertiary/aromatic N) is 1. The molecule has 3 aromatic carbocycles. The van der Waals surface area contributed by atoms with Crippen LogP contribution < -0.4 is 10.2 Å². The molecule has 0 spiro atoms. The van der Waals surface area contributed by atoms with Gasteiger partial charge in [-0.05, 0) is 78.1 Å². The molecule has 4 rings (SSSR count). The lowest BCUT2D eigenvalue weighted by atomic mass is 9.88. The first-order valence-corrected chi connectivity index (χ1v) is 9.73. The van der Waals surface area contributed by atoms with Crippen LogP contribution in [0.25, 0.3) is 0 Å². The number of phenolic OH excluding ortho intramolecular Hbond substituents is 2. The van der Waals surface area contributed by atoms with E-state index in [0.29, 0.717) is 5.75 Å². The first-order valence-electron chi connectivity index (χ1n) is 9.73. The van der Waals surface area contributed by atoms with Crippen molar-refractivity contribution in [2.45, 2.75) is 25.8 Å². The number of phenols is 2. The number of aromatic hydroxyl groups is 2. The van der Waals surface area contributed by atoms with Crippen LogP contribution in [0.5, 0.6) is 11.5 Å². The monoisotopic (exact) mass is 388 g/mol. The van der Waals surface area contributed by atoms with E-state index in [0.717, 1.165) is 36.3 Å². The Labute approximate surface area is 170 Å². The van der Waals surface area contributed by atoms with Crippen molar-refractivity contribution < 1.29 is 15.0 Å². The molecule has 1 aliphatic heterocycles. The number of amides is 1. The lowest BCUT2D eigenvalue weighted by Crippen LogP contribution is -2.36. The first kappa shape index (κ1) is 18.9. The summed E-state index contributed by atoms with van der Waals surface area (Å²) >= 11 is 0. The van der Waals surface area contributed by atoms with Crippen molar-refractivity contribution in [2.75, 3.05) is 16.8 Å². The maximum absolute atomic E-state index is 11.3. The number of carbonyl (C=O) groups is 1. The summed E-state index contributed by atoms with van der Waals surface area (Å²) in [6.45, 7) is 2.33. The molecule has 1 amide bonds. The fourth-order valence-electron chi connectivity index (χ4n) is 4.02. The number of benzene rings is 3. The summed E-state index contributed by atoms with van der Waals surface area (Å²) in [7, 11) is 0. The van der Waals surface area contributed by atoms with Gasteiger partial charge in [0, 0.05) is 24.8 Å². The van der Waals surface area contributed by atoms with Crippen LogP contribution in [-0.2, 0) is 17.6 Å². The lowest BCUT2D eigenvalue weighted by Gasteiger charge is -2.39. The Bertz CT molecular complexity index is 1010. The molecule has 0 fully saturated rings. The van der Waals surface area contributed by atoms with E-state index in [4.69, 9.17) is 0 Å². The fraction of sp³-hybridized carbons (Fsp3) is 0.208. The molecular weight excluding hydrogens is 364 g/mol. The fourth-order valence-corrected chi connectivity index (χ4v) is 4.02. The van der Waals surface area contributed by atoms with Crippen molar-refractivity contribution in [3.63, 3.8) is 0 Å². The standard InChI is InChI=1S/C24H24N2O3/c1-16(27)25-19-4-6-20(7-5-19)26-13-12-18-15-22(29)10-11-23(18)24(26)14-17-2-8-21(28)9-3-17/h2-11,15,24,28-29H,12-14H2,1H3,(H,25,27). The number of hydrogen-bond acceptors (Lipinski definition) is 4. The third-order valence-corrected chi connectivity index (χ3v) is 5.37. The van der Waals surface area contributed by atoms with E-state index in [-0.39, 0.29) is 17.7 Å². The summed E-state index contributed by atoms with van der Waals surface area (Å²) in [6, 6.07) is 20.9. The molecule has 0 radical (unpaired) electrons. The highest BCUT2D eigenvalue weighted by molar-refractivity contribution is 5.88. The van der Waals surface area contributed by atoms with Crippen LogP contribution in [0.1, 0.15) is 29.7 Å². The van der Waals surface area contributed by atoms with Crippen molar-refractivity contribution >= 4 is 17.3 Å². The highest BCUT2D eigenvalue weighted by Crippen LogP contribution is 2.37. The van der Waals surface area contributed by atoms with E-state index < -0.39 is 0 Å². The van der Waals surface area contributed by atoms with Crippen LogP contribution in [-0.4, -0.2) is 22.7 Å². The molecule has 3 aromatic rings. The van der Waals surface area contributed by atoms with Crippen LogP contribution in [0, 0.1) is 0 Å². The maximum Gasteiger partial charge on any atom is 0.221 e. The minimum absolute atomic E-state index is 0.0883. The second-order valence-electron chi connectivity index (χ2n) is 7.44. The number of nitrogens with one attached hydrogen (secondary N) is 1. The van der Waals surface area contributed by atoms with Crippen molar-refractivity contribution in [2.24, 2.45) is 0 Å². The molecule has 1 unspecified atom stereocenters. The molecule has 5 heteroatoms.